The highest BCUT2D eigenvalue weighted by atomic mass is 79.9. The molecule has 0 aliphatic heterocycles. The van der Waals surface area contributed by atoms with Crippen molar-refractivity contribution >= 4 is 45.0 Å². The van der Waals surface area contributed by atoms with Gasteiger partial charge in [0.05, 0.1) is 11.4 Å². The molecule has 0 heterocycles. The maximum Gasteiger partial charge on any atom is 0.234 e. The van der Waals surface area contributed by atoms with E-state index in [0.717, 1.165) is 9.37 Å². The highest BCUT2D eigenvalue weighted by Gasteiger charge is 2.08. The first-order chi connectivity index (χ1) is 9.54. The van der Waals surface area contributed by atoms with Gasteiger partial charge in [0, 0.05) is 15.1 Å². The van der Waals surface area contributed by atoms with Gasteiger partial charge in [0.2, 0.25) is 5.91 Å². The molecule has 3 N–H and O–H groups in total. The zero-order valence-corrected chi connectivity index (χ0v) is 12.8. The minimum Gasteiger partial charge on any atom is -0.399 e. The Balaban J connectivity index is 1.92. The number of rotatable bonds is 4. The van der Waals surface area contributed by atoms with Gasteiger partial charge in [-0.1, -0.05) is 15.9 Å². The van der Waals surface area contributed by atoms with Crippen LogP contribution in [0.1, 0.15) is 0 Å². The summed E-state index contributed by atoms with van der Waals surface area (Å²) in [6.07, 6.45) is 0. The van der Waals surface area contributed by atoms with Crippen LogP contribution >= 0.6 is 27.7 Å². The predicted octanol–water partition coefficient (Wildman–Crippen LogP) is 3.90. The molecule has 104 valence electrons. The quantitative estimate of drug-likeness (QED) is 0.646. The Bertz CT molecular complexity index is 619. The van der Waals surface area contributed by atoms with E-state index in [4.69, 9.17) is 5.73 Å². The Labute approximate surface area is 128 Å². The SMILES string of the molecule is Nc1ccc(F)c(NC(=O)CSc2ccc(Br)cc2)c1. The standard InChI is InChI=1S/C14H12BrFN2OS/c15-9-1-4-11(5-2-9)20-8-14(19)18-13-7-10(17)3-6-12(13)16/h1-7H,8,17H2,(H,18,19). The van der Waals surface area contributed by atoms with Crippen LogP contribution in [0.15, 0.2) is 51.8 Å². The number of nitrogens with two attached hydrogens (primary N) is 1. The van der Waals surface area contributed by atoms with Crippen LogP contribution in [0.5, 0.6) is 0 Å². The molecule has 0 spiro atoms. The molecule has 0 saturated heterocycles. The fraction of sp³-hybridized carbons (Fsp3) is 0.0714. The second-order valence-corrected chi connectivity index (χ2v) is 5.99. The third kappa shape index (κ3) is 4.25. The molecule has 0 aromatic heterocycles. The van der Waals surface area contributed by atoms with E-state index in [9.17, 15) is 9.18 Å². The summed E-state index contributed by atoms with van der Waals surface area (Å²) in [5.74, 6) is -0.570. The van der Waals surface area contributed by atoms with Crippen LogP contribution in [0.2, 0.25) is 0 Å². The lowest BCUT2D eigenvalue weighted by molar-refractivity contribution is -0.113. The van der Waals surface area contributed by atoms with Gasteiger partial charge in [-0.15, -0.1) is 11.8 Å². The van der Waals surface area contributed by atoms with Crippen LogP contribution in [0, 0.1) is 5.82 Å². The number of thioether (sulfide) groups is 1. The topological polar surface area (TPSA) is 55.1 Å². The van der Waals surface area contributed by atoms with E-state index in [1.54, 1.807) is 0 Å². The van der Waals surface area contributed by atoms with E-state index in [1.165, 1.54) is 30.0 Å². The summed E-state index contributed by atoms with van der Waals surface area (Å²) < 4.78 is 14.4. The number of anilines is 2. The number of hydrogen-bond acceptors (Lipinski definition) is 3. The van der Waals surface area contributed by atoms with Crippen molar-refractivity contribution in [2.45, 2.75) is 4.90 Å². The van der Waals surface area contributed by atoms with Crippen molar-refractivity contribution in [1.29, 1.82) is 0 Å². The number of carbonyl (C=O) groups excluding carboxylic acids is 1. The van der Waals surface area contributed by atoms with Gasteiger partial charge in [0.25, 0.3) is 0 Å². The van der Waals surface area contributed by atoms with Crippen molar-refractivity contribution in [2.24, 2.45) is 0 Å². The van der Waals surface area contributed by atoms with Gasteiger partial charge in [0.15, 0.2) is 0 Å². The van der Waals surface area contributed by atoms with Crippen LogP contribution in [-0.2, 0) is 4.79 Å². The molecule has 0 atom stereocenters. The van der Waals surface area contributed by atoms with Crippen molar-refractivity contribution in [2.75, 3.05) is 16.8 Å². The number of benzene rings is 2. The molecule has 6 heteroatoms. The van der Waals surface area contributed by atoms with E-state index in [1.807, 2.05) is 24.3 Å². The average molecular weight is 355 g/mol. The van der Waals surface area contributed by atoms with Crippen LogP contribution in [0.25, 0.3) is 0 Å². The third-order valence-electron chi connectivity index (χ3n) is 2.45. The lowest BCUT2D eigenvalue weighted by Crippen LogP contribution is -2.15. The Morgan fingerprint density at radius 3 is 2.65 bits per heavy atom. The van der Waals surface area contributed by atoms with E-state index in [0.29, 0.717) is 5.69 Å². The van der Waals surface area contributed by atoms with E-state index in [2.05, 4.69) is 21.2 Å². The Kier molecular flexibility index (Phi) is 5.03. The van der Waals surface area contributed by atoms with Crippen LogP contribution in [0.3, 0.4) is 0 Å². The molecule has 0 aliphatic rings. The lowest BCUT2D eigenvalue weighted by atomic mass is 10.2. The van der Waals surface area contributed by atoms with Gasteiger partial charge in [-0.3, -0.25) is 4.79 Å². The third-order valence-corrected chi connectivity index (χ3v) is 3.99. The summed E-state index contributed by atoms with van der Waals surface area (Å²) in [6.45, 7) is 0. The summed E-state index contributed by atoms with van der Waals surface area (Å²) >= 11 is 4.72. The second kappa shape index (κ2) is 6.76. The van der Waals surface area contributed by atoms with Gasteiger partial charge in [-0.2, -0.15) is 0 Å². The minimum absolute atomic E-state index is 0.103. The smallest absolute Gasteiger partial charge is 0.234 e. The molecule has 0 radical (unpaired) electrons. The lowest BCUT2D eigenvalue weighted by Gasteiger charge is -2.07. The van der Waals surface area contributed by atoms with Gasteiger partial charge < -0.3 is 11.1 Å². The first kappa shape index (κ1) is 14.9. The van der Waals surface area contributed by atoms with Crippen LogP contribution in [-0.4, -0.2) is 11.7 Å². The predicted molar refractivity (Wildman–Crippen MR) is 84.3 cm³/mol. The molecular weight excluding hydrogens is 343 g/mol. The number of halogens is 2. The Morgan fingerprint density at radius 1 is 1.25 bits per heavy atom. The van der Waals surface area contributed by atoms with Crippen molar-refractivity contribution in [3.63, 3.8) is 0 Å². The molecule has 0 unspecified atom stereocenters. The summed E-state index contributed by atoms with van der Waals surface area (Å²) in [5.41, 5.74) is 6.06. The maximum atomic E-state index is 13.5. The van der Waals surface area contributed by atoms with Crippen LogP contribution < -0.4 is 11.1 Å². The number of hydrogen-bond donors (Lipinski definition) is 2. The maximum absolute atomic E-state index is 13.5. The summed E-state index contributed by atoms with van der Waals surface area (Å²) in [6, 6.07) is 11.7. The Morgan fingerprint density at radius 2 is 1.95 bits per heavy atom. The molecule has 0 bridgehead atoms. The van der Waals surface area contributed by atoms with Crippen LogP contribution in [0.4, 0.5) is 15.8 Å². The van der Waals surface area contributed by atoms with Crippen molar-refractivity contribution in [3.05, 3.63) is 52.8 Å². The number of nitrogen functional groups attached to an aromatic ring is 1. The highest BCUT2D eigenvalue weighted by Crippen LogP contribution is 2.22. The van der Waals surface area contributed by atoms with Crippen molar-refractivity contribution in [1.82, 2.24) is 0 Å². The molecule has 2 rings (SSSR count). The minimum atomic E-state index is -0.499. The highest BCUT2D eigenvalue weighted by molar-refractivity contribution is 9.10. The summed E-state index contributed by atoms with van der Waals surface area (Å²) in [5, 5.41) is 2.51. The largest absolute Gasteiger partial charge is 0.399 e. The van der Waals surface area contributed by atoms with Gasteiger partial charge in [-0.25, -0.2) is 4.39 Å². The van der Waals surface area contributed by atoms with Gasteiger partial charge in [-0.05, 0) is 42.5 Å². The molecule has 3 nitrogen and oxygen atoms in total. The van der Waals surface area contributed by atoms with Gasteiger partial charge >= 0.3 is 0 Å². The number of carbonyl (C=O) groups is 1. The van der Waals surface area contributed by atoms with E-state index in [-0.39, 0.29) is 17.3 Å². The molecule has 2 aromatic carbocycles. The van der Waals surface area contributed by atoms with E-state index < -0.39 is 5.82 Å². The Hall–Kier alpha value is -1.53. The molecule has 0 aliphatic carbocycles. The molecular formula is C14H12BrFN2OS. The fourth-order valence-electron chi connectivity index (χ4n) is 1.50. The van der Waals surface area contributed by atoms with Gasteiger partial charge in [0.1, 0.15) is 5.82 Å². The number of nitrogens with one attached hydrogen (secondary N) is 1. The average Bonchev–Trinajstić information content (AvgIpc) is 2.42. The normalized spacial score (nSPS) is 10.3. The zero-order chi connectivity index (χ0) is 14.5. The molecule has 2 aromatic rings. The van der Waals surface area contributed by atoms with E-state index >= 15 is 0 Å². The summed E-state index contributed by atoms with van der Waals surface area (Å²) in [7, 11) is 0. The molecule has 20 heavy (non-hydrogen) atoms. The molecule has 0 fully saturated rings. The van der Waals surface area contributed by atoms with Crippen molar-refractivity contribution < 1.29 is 9.18 Å². The second-order valence-electron chi connectivity index (χ2n) is 4.03. The van der Waals surface area contributed by atoms with Crippen molar-refractivity contribution in [3.8, 4) is 0 Å². The number of amides is 1. The molecule has 1 amide bonds. The summed E-state index contributed by atoms with van der Waals surface area (Å²) in [4.78, 5) is 12.7. The first-order valence-electron chi connectivity index (χ1n) is 5.78. The fourth-order valence-corrected chi connectivity index (χ4v) is 2.47. The zero-order valence-electron chi connectivity index (χ0n) is 10.4. The first-order valence-corrected chi connectivity index (χ1v) is 7.56. The molecule has 0 saturated carbocycles. The monoisotopic (exact) mass is 354 g/mol.